The molecule has 3 atom stereocenters. The first-order valence-corrected chi connectivity index (χ1v) is 12.3. The minimum absolute atomic E-state index is 0.0292. The molecule has 1 aromatic carbocycles. The van der Waals surface area contributed by atoms with Gasteiger partial charge in [0.25, 0.3) is 5.91 Å². The number of benzene rings is 1. The monoisotopic (exact) mass is 472 g/mol. The number of hydrogen-bond acceptors (Lipinski definition) is 6. The number of fused-ring (bicyclic) bond motifs is 1. The van der Waals surface area contributed by atoms with Crippen LogP contribution in [-0.2, 0) is 16.0 Å². The van der Waals surface area contributed by atoms with Crippen LogP contribution >= 0.6 is 0 Å². The highest BCUT2D eigenvalue weighted by Gasteiger charge is 2.39. The molecule has 0 spiro atoms. The maximum absolute atomic E-state index is 12.8. The van der Waals surface area contributed by atoms with Crippen molar-refractivity contribution in [2.45, 2.75) is 57.0 Å². The first-order chi connectivity index (χ1) is 16.5. The Labute approximate surface area is 201 Å². The quantitative estimate of drug-likeness (QED) is 0.533. The van der Waals surface area contributed by atoms with Crippen LogP contribution in [0.2, 0.25) is 0 Å². The number of methoxy groups -OCH3 is 2. The van der Waals surface area contributed by atoms with Crippen molar-refractivity contribution in [3.8, 4) is 11.5 Å². The van der Waals surface area contributed by atoms with Gasteiger partial charge in [-0.15, -0.1) is 0 Å². The van der Waals surface area contributed by atoms with Gasteiger partial charge in [0.1, 0.15) is 6.04 Å². The lowest BCUT2D eigenvalue weighted by atomic mass is 9.83. The van der Waals surface area contributed by atoms with Crippen molar-refractivity contribution in [1.82, 2.24) is 20.4 Å². The van der Waals surface area contributed by atoms with Gasteiger partial charge < -0.3 is 25.0 Å². The van der Waals surface area contributed by atoms with E-state index >= 15 is 0 Å². The molecule has 0 saturated carbocycles. The minimum atomic E-state index is -0.810. The molecule has 3 fully saturated rings. The lowest BCUT2D eigenvalue weighted by molar-refractivity contribution is -0.131. The van der Waals surface area contributed by atoms with Gasteiger partial charge in [-0.2, -0.15) is 0 Å². The number of nitrogens with one attached hydrogen (secondary N) is 2. The molecular weight excluding hydrogens is 436 g/mol. The van der Waals surface area contributed by atoms with Crippen LogP contribution in [0.15, 0.2) is 18.2 Å². The summed E-state index contributed by atoms with van der Waals surface area (Å²) in [6.45, 7) is 3.20. The number of hydrogen-bond donors (Lipinski definition) is 2. The van der Waals surface area contributed by atoms with Gasteiger partial charge in [-0.25, -0.2) is 4.79 Å². The van der Waals surface area contributed by atoms with E-state index in [9.17, 15) is 14.4 Å². The average Bonchev–Trinajstić information content (AvgIpc) is 3.12. The van der Waals surface area contributed by atoms with Gasteiger partial charge in [0.05, 0.1) is 20.6 Å². The van der Waals surface area contributed by atoms with E-state index in [0.29, 0.717) is 36.4 Å². The molecule has 0 radical (unpaired) electrons. The van der Waals surface area contributed by atoms with E-state index in [2.05, 4.69) is 15.5 Å². The van der Waals surface area contributed by atoms with Gasteiger partial charge in [-0.05, 0) is 68.8 Å². The predicted octanol–water partition coefficient (Wildman–Crippen LogP) is 1.94. The van der Waals surface area contributed by atoms with E-state index in [-0.39, 0.29) is 24.8 Å². The maximum Gasteiger partial charge on any atom is 0.324 e. The zero-order chi connectivity index (χ0) is 24.1. The van der Waals surface area contributed by atoms with E-state index in [0.717, 1.165) is 25.1 Å². The summed E-state index contributed by atoms with van der Waals surface area (Å²) in [4.78, 5) is 41.6. The molecule has 0 bridgehead atoms. The van der Waals surface area contributed by atoms with Gasteiger partial charge in [-0.3, -0.25) is 14.5 Å². The summed E-state index contributed by atoms with van der Waals surface area (Å²) in [7, 11) is 3.13. The lowest BCUT2D eigenvalue weighted by Gasteiger charge is -2.44. The van der Waals surface area contributed by atoms with Crippen LogP contribution in [-0.4, -0.2) is 80.1 Å². The molecule has 9 nitrogen and oxygen atoms in total. The molecule has 1 aromatic rings. The van der Waals surface area contributed by atoms with Crippen LogP contribution in [0.1, 0.15) is 44.1 Å². The number of amides is 4. The third kappa shape index (κ3) is 5.46. The summed E-state index contributed by atoms with van der Waals surface area (Å²) < 4.78 is 10.6. The fourth-order valence-corrected chi connectivity index (χ4v) is 5.52. The van der Waals surface area contributed by atoms with Crippen molar-refractivity contribution in [1.29, 1.82) is 0 Å². The Morgan fingerprint density at radius 2 is 1.88 bits per heavy atom. The Hall–Kier alpha value is -2.81. The fraction of sp³-hybridized carbons (Fsp3) is 0.640. The number of ether oxygens (including phenoxy) is 2. The van der Waals surface area contributed by atoms with Crippen LogP contribution in [0.25, 0.3) is 0 Å². The molecule has 34 heavy (non-hydrogen) atoms. The van der Waals surface area contributed by atoms with E-state index in [1.807, 2.05) is 12.1 Å². The minimum Gasteiger partial charge on any atom is -0.493 e. The highest BCUT2D eigenvalue weighted by molar-refractivity contribution is 6.05. The Morgan fingerprint density at radius 1 is 1.09 bits per heavy atom. The number of piperidine rings is 2. The van der Waals surface area contributed by atoms with Crippen LogP contribution in [0.4, 0.5) is 4.79 Å². The normalized spacial score (nSPS) is 25.0. The summed E-state index contributed by atoms with van der Waals surface area (Å²) in [6.07, 6.45) is 6.48. The summed E-state index contributed by atoms with van der Waals surface area (Å²) >= 11 is 0. The maximum atomic E-state index is 12.8. The zero-order valence-electron chi connectivity index (χ0n) is 20.2. The SMILES string of the molecule is COc1ccc(CCN2C(=O)N[C@@H](CC(=O)NC[C@@H]3CCCN4CCCC[C@H]34)C2=O)cc1OC. The van der Waals surface area contributed by atoms with Gasteiger partial charge >= 0.3 is 6.03 Å². The average molecular weight is 473 g/mol. The molecule has 3 aliphatic rings. The number of carbonyl (C=O) groups is 3. The Balaban J connectivity index is 1.26. The fourth-order valence-electron chi connectivity index (χ4n) is 5.52. The topological polar surface area (TPSA) is 100 Å². The van der Waals surface area contributed by atoms with Crippen molar-refractivity contribution < 1.29 is 23.9 Å². The molecule has 3 heterocycles. The van der Waals surface area contributed by atoms with E-state index in [1.54, 1.807) is 20.3 Å². The predicted molar refractivity (Wildman–Crippen MR) is 127 cm³/mol. The molecule has 0 aromatic heterocycles. The van der Waals surface area contributed by atoms with Crippen LogP contribution in [0, 0.1) is 5.92 Å². The second-order valence-electron chi connectivity index (χ2n) is 9.44. The van der Waals surface area contributed by atoms with Crippen molar-refractivity contribution in [2.75, 3.05) is 40.4 Å². The molecular formula is C25H36N4O5. The lowest BCUT2D eigenvalue weighted by Crippen LogP contribution is -2.51. The molecule has 9 heteroatoms. The number of rotatable bonds is 9. The van der Waals surface area contributed by atoms with Gasteiger partial charge in [0, 0.05) is 19.1 Å². The number of urea groups is 1. The van der Waals surface area contributed by atoms with Gasteiger partial charge in [0.15, 0.2) is 11.5 Å². The Kier molecular flexibility index (Phi) is 7.92. The molecule has 2 N–H and O–H groups in total. The first kappa shape index (κ1) is 24.3. The van der Waals surface area contributed by atoms with Crippen molar-refractivity contribution in [3.05, 3.63) is 23.8 Å². The molecule has 3 saturated heterocycles. The van der Waals surface area contributed by atoms with Crippen molar-refractivity contribution in [2.24, 2.45) is 5.92 Å². The smallest absolute Gasteiger partial charge is 0.324 e. The van der Waals surface area contributed by atoms with E-state index in [1.165, 1.54) is 30.6 Å². The second-order valence-corrected chi connectivity index (χ2v) is 9.44. The van der Waals surface area contributed by atoms with Crippen LogP contribution in [0.5, 0.6) is 11.5 Å². The summed E-state index contributed by atoms with van der Waals surface area (Å²) in [5, 5.41) is 5.70. The zero-order valence-corrected chi connectivity index (χ0v) is 20.2. The van der Waals surface area contributed by atoms with Crippen molar-refractivity contribution in [3.63, 3.8) is 0 Å². The van der Waals surface area contributed by atoms with Crippen LogP contribution in [0.3, 0.4) is 0 Å². The summed E-state index contributed by atoms with van der Waals surface area (Å²) in [5.41, 5.74) is 0.920. The molecule has 0 aliphatic carbocycles. The van der Waals surface area contributed by atoms with E-state index in [4.69, 9.17) is 9.47 Å². The largest absolute Gasteiger partial charge is 0.493 e. The van der Waals surface area contributed by atoms with Crippen LogP contribution < -0.4 is 20.1 Å². The van der Waals surface area contributed by atoms with Gasteiger partial charge in [-0.1, -0.05) is 12.5 Å². The number of carbonyl (C=O) groups excluding carboxylic acids is 3. The first-order valence-electron chi connectivity index (χ1n) is 12.3. The summed E-state index contributed by atoms with van der Waals surface area (Å²) in [6, 6.07) is 4.81. The highest BCUT2D eigenvalue weighted by Crippen LogP contribution is 2.30. The number of imide groups is 1. The van der Waals surface area contributed by atoms with Gasteiger partial charge in [0.2, 0.25) is 5.91 Å². The third-order valence-electron chi connectivity index (χ3n) is 7.36. The van der Waals surface area contributed by atoms with E-state index < -0.39 is 12.1 Å². The number of nitrogens with zero attached hydrogens (tertiary/aromatic N) is 2. The Bertz CT molecular complexity index is 905. The third-order valence-corrected chi connectivity index (χ3v) is 7.36. The standard InChI is InChI=1S/C25H36N4O5/c1-33-21-9-8-17(14-22(21)34-2)10-13-29-24(31)19(27-25(29)32)15-23(30)26-16-18-6-5-12-28-11-4-3-7-20(18)28/h8-9,14,18-20H,3-7,10-13,15-16H2,1-2H3,(H,26,30)(H,27,32)/t18-,19-,20+/m0/s1. The highest BCUT2D eigenvalue weighted by atomic mass is 16.5. The molecule has 4 rings (SSSR count). The second kappa shape index (κ2) is 11.1. The molecule has 186 valence electrons. The Morgan fingerprint density at radius 3 is 2.68 bits per heavy atom. The molecule has 0 unspecified atom stereocenters. The summed E-state index contributed by atoms with van der Waals surface area (Å²) in [5.74, 6) is 1.15. The van der Waals surface area contributed by atoms with Crippen molar-refractivity contribution >= 4 is 17.8 Å². The molecule has 4 amide bonds. The molecule has 3 aliphatic heterocycles.